The number of aromatic nitrogens is 4. The molecule has 0 saturated carbocycles. The zero-order valence-corrected chi connectivity index (χ0v) is 38.3. The Labute approximate surface area is 406 Å². The van der Waals surface area contributed by atoms with Crippen LogP contribution in [-0.2, 0) is 13.0 Å². The smallest absolute Gasteiger partial charge is 0.164 e. The first kappa shape index (κ1) is 40.2. The summed E-state index contributed by atoms with van der Waals surface area (Å²) in [6.07, 6.45) is 1.91. The molecule has 0 radical (unpaired) electrons. The second kappa shape index (κ2) is 16.4. The summed E-state index contributed by atoms with van der Waals surface area (Å²) in [5.74, 6) is 2.84. The summed E-state index contributed by atoms with van der Waals surface area (Å²) in [6.45, 7) is 0.395. The van der Waals surface area contributed by atoms with Gasteiger partial charge in [0.1, 0.15) is 12.4 Å². The van der Waals surface area contributed by atoms with Crippen LogP contribution in [0.2, 0.25) is 0 Å². The second-order valence-corrected chi connectivity index (χ2v) is 18.6. The molecule has 1 atom stereocenters. The molecule has 0 spiro atoms. The Bertz CT molecular complexity index is 4010. The normalized spacial score (nSPS) is 13.8. The number of hydrogen-bond acceptors (Lipinski definition) is 4. The van der Waals surface area contributed by atoms with Gasteiger partial charge in [-0.2, -0.15) is 0 Å². The van der Waals surface area contributed by atoms with Crippen molar-refractivity contribution >= 4 is 32.6 Å². The van der Waals surface area contributed by atoms with Gasteiger partial charge in [-0.3, -0.25) is 0 Å². The van der Waals surface area contributed by atoms with E-state index in [1.54, 1.807) is 0 Å². The molecule has 2 aliphatic rings. The lowest BCUT2D eigenvalue weighted by atomic mass is 9.81. The number of ether oxygens (including phenoxy) is 1. The Morgan fingerprint density at radius 3 is 1.87 bits per heavy atom. The second-order valence-electron chi connectivity index (χ2n) is 18.6. The molecule has 12 aromatic rings. The first-order valence-electron chi connectivity index (χ1n) is 24.2. The van der Waals surface area contributed by atoms with E-state index in [0.717, 1.165) is 79.8 Å². The number of rotatable bonds is 6. The van der Waals surface area contributed by atoms with Crippen LogP contribution in [0.25, 0.3) is 106 Å². The molecule has 1 aliphatic heterocycles. The first-order valence-corrected chi connectivity index (χ1v) is 24.2. The third-order valence-electron chi connectivity index (χ3n) is 14.6. The zero-order valence-electron chi connectivity index (χ0n) is 38.3. The van der Waals surface area contributed by atoms with Crippen molar-refractivity contribution in [2.75, 3.05) is 0 Å². The van der Waals surface area contributed by atoms with Crippen LogP contribution in [-0.4, -0.2) is 19.5 Å². The molecule has 5 nitrogen and oxygen atoms in total. The van der Waals surface area contributed by atoms with E-state index in [-0.39, 0.29) is 5.92 Å². The topological polar surface area (TPSA) is 52.8 Å². The van der Waals surface area contributed by atoms with Crippen molar-refractivity contribution in [1.82, 2.24) is 19.5 Å². The fraction of sp³-hybridized carbons (Fsp3) is 0.0615. The minimum Gasteiger partial charge on any atom is -0.488 e. The van der Waals surface area contributed by atoms with Gasteiger partial charge in [-0.25, -0.2) is 15.0 Å². The molecule has 330 valence electrons. The largest absolute Gasteiger partial charge is 0.488 e. The van der Waals surface area contributed by atoms with Gasteiger partial charge in [0.05, 0.1) is 11.0 Å². The average Bonchev–Trinajstić information content (AvgIpc) is 3.67. The van der Waals surface area contributed by atoms with Crippen molar-refractivity contribution in [1.29, 1.82) is 0 Å². The minimum absolute atomic E-state index is 0.111. The number of para-hydroxylation sites is 3. The minimum atomic E-state index is 0.111. The van der Waals surface area contributed by atoms with E-state index in [2.05, 4.69) is 229 Å². The van der Waals surface area contributed by atoms with Crippen LogP contribution in [0.5, 0.6) is 5.75 Å². The summed E-state index contributed by atoms with van der Waals surface area (Å²) in [4.78, 5) is 16.3. The maximum Gasteiger partial charge on any atom is 0.164 e. The van der Waals surface area contributed by atoms with E-state index in [0.29, 0.717) is 24.1 Å². The maximum atomic E-state index is 6.60. The molecule has 14 rings (SSSR count). The average molecular weight is 897 g/mol. The van der Waals surface area contributed by atoms with Crippen LogP contribution in [0.4, 0.5) is 0 Å². The SMILES string of the molecule is c1ccc(-c2ccc(-c3nc(-c4ccc5c6ccccc6n(-c6ccccc6)c5c4)nc(-c4cc(C5CCc6cc7ccccc7cc6-c6ccccc65)cc5c4COc4ccccc4-5)n3)cc2)cc1. The Morgan fingerprint density at radius 1 is 0.414 bits per heavy atom. The molecule has 10 aromatic carbocycles. The molecule has 0 fully saturated rings. The van der Waals surface area contributed by atoms with Crippen molar-refractivity contribution in [3.05, 3.63) is 247 Å². The monoisotopic (exact) mass is 896 g/mol. The van der Waals surface area contributed by atoms with Gasteiger partial charge in [0.15, 0.2) is 17.5 Å². The van der Waals surface area contributed by atoms with Gasteiger partial charge in [0.2, 0.25) is 0 Å². The number of aryl methyl sites for hydroxylation is 1. The van der Waals surface area contributed by atoms with Crippen LogP contribution in [0, 0.1) is 0 Å². The molecule has 3 heterocycles. The summed E-state index contributed by atoms with van der Waals surface area (Å²) in [5, 5.41) is 4.91. The molecule has 1 unspecified atom stereocenters. The molecular weight excluding hydrogens is 853 g/mol. The standard InChI is InChI=1S/C65H44N4O/c1-3-15-41(16-4-1)42-27-29-43(30-28-42)63-66-64(47-32-34-54-53-23-11-13-25-60(53)69(61(54)39-47)49-19-5-2-6-20-49)68-65(67-63)58-38-48(37-57-55-24-12-14-26-62(55)70-40-59(57)58)50-33-31-46-35-44-17-7-8-18-45(44)36-56(46)52-22-10-9-21-51(50)52/h1-30,32,34-39,50H,31,33,40H2. The van der Waals surface area contributed by atoms with Gasteiger partial charge in [-0.05, 0) is 117 Å². The lowest BCUT2D eigenvalue weighted by Crippen LogP contribution is -2.12. The van der Waals surface area contributed by atoms with Gasteiger partial charge in [0, 0.05) is 50.2 Å². The first-order chi connectivity index (χ1) is 34.7. The van der Waals surface area contributed by atoms with Crippen molar-refractivity contribution in [3.8, 4) is 79.0 Å². The number of benzene rings is 10. The van der Waals surface area contributed by atoms with E-state index in [9.17, 15) is 0 Å². The molecule has 0 saturated heterocycles. The van der Waals surface area contributed by atoms with Crippen molar-refractivity contribution < 1.29 is 4.74 Å². The predicted octanol–water partition coefficient (Wildman–Crippen LogP) is 16.1. The zero-order chi connectivity index (χ0) is 46.1. The number of nitrogens with zero attached hydrogens (tertiary/aromatic N) is 4. The summed E-state index contributed by atoms with van der Waals surface area (Å²) in [5.41, 5.74) is 18.3. The molecular formula is C65H44N4O. The van der Waals surface area contributed by atoms with Gasteiger partial charge in [0.25, 0.3) is 0 Å². The fourth-order valence-corrected chi connectivity index (χ4v) is 11.2. The highest BCUT2D eigenvalue weighted by Gasteiger charge is 2.29. The molecule has 0 amide bonds. The lowest BCUT2D eigenvalue weighted by Gasteiger charge is -2.26. The van der Waals surface area contributed by atoms with E-state index < -0.39 is 0 Å². The third kappa shape index (κ3) is 6.73. The van der Waals surface area contributed by atoms with Crippen LogP contribution in [0.1, 0.15) is 34.6 Å². The van der Waals surface area contributed by atoms with Gasteiger partial charge < -0.3 is 9.30 Å². The summed E-state index contributed by atoms with van der Waals surface area (Å²) in [6, 6.07) is 80.7. The van der Waals surface area contributed by atoms with E-state index >= 15 is 0 Å². The van der Waals surface area contributed by atoms with Gasteiger partial charge in [-0.1, -0.05) is 176 Å². The van der Waals surface area contributed by atoms with Crippen molar-refractivity contribution in [2.45, 2.75) is 25.4 Å². The molecule has 1 aliphatic carbocycles. The molecule has 2 aromatic heterocycles. The third-order valence-corrected chi connectivity index (χ3v) is 14.6. The van der Waals surface area contributed by atoms with Crippen molar-refractivity contribution in [3.63, 3.8) is 0 Å². The fourth-order valence-electron chi connectivity index (χ4n) is 11.2. The Hall–Kier alpha value is -8.93. The summed E-state index contributed by atoms with van der Waals surface area (Å²) >= 11 is 0. The number of hydrogen-bond donors (Lipinski definition) is 0. The molecule has 70 heavy (non-hydrogen) atoms. The Morgan fingerprint density at radius 2 is 1.03 bits per heavy atom. The van der Waals surface area contributed by atoms with E-state index in [4.69, 9.17) is 19.7 Å². The quantitative estimate of drug-likeness (QED) is 0.167. The summed E-state index contributed by atoms with van der Waals surface area (Å²) < 4.78 is 8.94. The maximum absolute atomic E-state index is 6.60. The van der Waals surface area contributed by atoms with Crippen molar-refractivity contribution in [2.24, 2.45) is 0 Å². The highest BCUT2D eigenvalue weighted by molar-refractivity contribution is 6.10. The lowest BCUT2D eigenvalue weighted by molar-refractivity contribution is 0.303. The van der Waals surface area contributed by atoms with Gasteiger partial charge in [-0.15, -0.1) is 0 Å². The number of fused-ring (bicyclic) bond motifs is 10. The molecule has 5 heteroatoms. The van der Waals surface area contributed by atoms with Crippen LogP contribution in [0.3, 0.4) is 0 Å². The molecule has 0 bridgehead atoms. The predicted molar refractivity (Wildman–Crippen MR) is 285 cm³/mol. The van der Waals surface area contributed by atoms with Crippen LogP contribution in [0.15, 0.2) is 224 Å². The van der Waals surface area contributed by atoms with Crippen LogP contribution >= 0.6 is 0 Å². The summed E-state index contributed by atoms with van der Waals surface area (Å²) in [7, 11) is 0. The highest BCUT2D eigenvalue weighted by atomic mass is 16.5. The van der Waals surface area contributed by atoms with E-state index in [1.807, 2.05) is 0 Å². The molecule has 0 N–H and O–H groups in total. The Balaban J connectivity index is 0.990. The highest BCUT2D eigenvalue weighted by Crippen LogP contribution is 2.48. The van der Waals surface area contributed by atoms with Gasteiger partial charge >= 0.3 is 0 Å². The van der Waals surface area contributed by atoms with E-state index in [1.165, 1.54) is 49.4 Å². The Kier molecular flexibility index (Phi) is 9.41. The van der Waals surface area contributed by atoms with Crippen LogP contribution < -0.4 is 4.74 Å².